The molecule has 0 aliphatic carbocycles. The summed E-state index contributed by atoms with van der Waals surface area (Å²) in [7, 11) is 0. The molecule has 0 fully saturated rings. The second-order valence-electron chi connectivity index (χ2n) is 7.45. The lowest BCUT2D eigenvalue weighted by Gasteiger charge is -2.23. The number of aromatic nitrogens is 1. The third-order valence-electron chi connectivity index (χ3n) is 5.19. The summed E-state index contributed by atoms with van der Waals surface area (Å²) >= 11 is 0. The molecule has 2 amide bonds. The van der Waals surface area contributed by atoms with E-state index in [1.165, 1.54) is 12.1 Å². The second-order valence-corrected chi connectivity index (χ2v) is 7.45. The number of nitrogens with two attached hydrogens (primary N) is 1. The van der Waals surface area contributed by atoms with Gasteiger partial charge in [0, 0.05) is 61.3 Å². The van der Waals surface area contributed by atoms with Gasteiger partial charge < -0.3 is 16.0 Å². The van der Waals surface area contributed by atoms with Gasteiger partial charge >= 0.3 is 0 Å². The topological polar surface area (TPSA) is 131 Å². The van der Waals surface area contributed by atoms with Crippen molar-refractivity contribution < 1.29 is 14.5 Å². The van der Waals surface area contributed by atoms with Crippen LogP contribution in [0, 0.1) is 10.1 Å². The molecule has 9 heteroatoms. The van der Waals surface area contributed by atoms with E-state index in [9.17, 15) is 19.7 Å². The van der Waals surface area contributed by atoms with Gasteiger partial charge in [-0.2, -0.15) is 0 Å². The van der Waals surface area contributed by atoms with Crippen LogP contribution in [-0.4, -0.2) is 33.2 Å². The first-order chi connectivity index (χ1) is 15.9. The van der Waals surface area contributed by atoms with Gasteiger partial charge in [0.15, 0.2) is 0 Å². The highest BCUT2D eigenvalue weighted by molar-refractivity contribution is 6.04. The maximum Gasteiger partial charge on any atom is 0.269 e. The van der Waals surface area contributed by atoms with E-state index in [0.717, 1.165) is 11.1 Å². The van der Waals surface area contributed by atoms with E-state index in [1.807, 2.05) is 6.92 Å². The number of hydrogen-bond acceptors (Lipinski definition) is 6. The molecule has 9 nitrogen and oxygen atoms in total. The van der Waals surface area contributed by atoms with Crippen molar-refractivity contribution in [2.45, 2.75) is 25.9 Å². The molecule has 170 valence electrons. The highest BCUT2D eigenvalue weighted by Crippen LogP contribution is 2.19. The van der Waals surface area contributed by atoms with Crippen LogP contribution in [0.25, 0.3) is 0 Å². The third-order valence-corrected chi connectivity index (χ3v) is 5.19. The van der Waals surface area contributed by atoms with Crippen LogP contribution in [0.1, 0.15) is 40.9 Å². The molecule has 2 aromatic carbocycles. The summed E-state index contributed by atoms with van der Waals surface area (Å²) in [5.74, 6) is -0.375. The molecule has 1 atom stereocenters. The summed E-state index contributed by atoms with van der Waals surface area (Å²) in [6.07, 6.45) is 3.29. The molecule has 33 heavy (non-hydrogen) atoms. The minimum atomic E-state index is -0.527. The molecule has 0 aliphatic heterocycles. The van der Waals surface area contributed by atoms with Gasteiger partial charge in [0.2, 0.25) is 5.91 Å². The fourth-order valence-corrected chi connectivity index (χ4v) is 3.28. The summed E-state index contributed by atoms with van der Waals surface area (Å²) in [4.78, 5) is 41.1. The Morgan fingerprint density at radius 2 is 1.70 bits per heavy atom. The molecule has 1 heterocycles. The molecule has 3 N–H and O–H groups in total. The number of nitro benzene ring substituents is 1. The number of amides is 2. The number of carbonyl (C=O) groups excluding carboxylic acids is 2. The number of rotatable bonds is 9. The van der Waals surface area contributed by atoms with E-state index >= 15 is 0 Å². The first-order valence-electron chi connectivity index (χ1n) is 10.5. The van der Waals surface area contributed by atoms with E-state index in [0.29, 0.717) is 24.3 Å². The van der Waals surface area contributed by atoms with Gasteiger partial charge in [-0.15, -0.1) is 0 Å². The molecule has 0 spiro atoms. The van der Waals surface area contributed by atoms with Crippen molar-refractivity contribution in [3.63, 3.8) is 0 Å². The molecule has 0 bridgehead atoms. The van der Waals surface area contributed by atoms with Crippen LogP contribution >= 0.6 is 0 Å². The Kier molecular flexibility index (Phi) is 7.82. The Morgan fingerprint density at radius 1 is 1.06 bits per heavy atom. The van der Waals surface area contributed by atoms with Crippen LogP contribution in [-0.2, 0) is 11.3 Å². The first kappa shape index (κ1) is 23.6. The molecule has 1 unspecified atom stereocenters. The number of nitrogens with one attached hydrogen (secondary N) is 1. The van der Waals surface area contributed by atoms with Crippen LogP contribution < -0.4 is 11.1 Å². The van der Waals surface area contributed by atoms with Crippen LogP contribution in [0.3, 0.4) is 0 Å². The Hall–Kier alpha value is -4.11. The zero-order valence-electron chi connectivity index (χ0n) is 18.2. The number of nitrogens with zero attached hydrogens (tertiary/aromatic N) is 3. The van der Waals surface area contributed by atoms with E-state index < -0.39 is 11.0 Å². The number of pyridine rings is 1. The smallest absolute Gasteiger partial charge is 0.269 e. The summed E-state index contributed by atoms with van der Waals surface area (Å²) in [6.45, 7) is 2.69. The second kappa shape index (κ2) is 11.0. The van der Waals surface area contributed by atoms with Crippen LogP contribution in [0.2, 0.25) is 0 Å². The lowest BCUT2D eigenvalue weighted by Crippen LogP contribution is -2.32. The van der Waals surface area contributed by atoms with Crippen LogP contribution in [0.4, 0.5) is 11.4 Å². The minimum absolute atomic E-state index is 0.00746. The predicted octanol–water partition coefficient (Wildman–Crippen LogP) is 3.68. The zero-order valence-corrected chi connectivity index (χ0v) is 18.2. The SMILES string of the molecule is CCN(Cc1ccc([N+](=O)[O-])cc1)C(=O)CC(N)c1ccc(C(=O)Nc2ccncc2)cc1. The number of non-ortho nitro benzene ring substituents is 1. The Morgan fingerprint density at radius 3 is 2.27 bits per heavy atom. The highest BCUT2D eigenvalue weighted by atomic mass is 16.6. The Bertz CT molecular complexity index is 1100. The van der Waals surface area contributed by atoms with E-state index in [-0.39, 0.29) is 23.9 Å². The maximum absolute atomic E-state index is 12.8. The van der Waals surface area contributed by atoms with Gasteiger partial charge in [0.05, 0.1) is 4.92 Å². The number of nitro groups is 1. The van der Waals surface area contributed by atoms with Gasteiger partial charge in [0.25, 0.3) is 11.6 Å². The van der Waals surface area contributed by atoms with E-state index in [2.05, 4.69) is 10.3 Å². The van der Waals surface area contributed by atoms with Gasteiger partial charge in [-0.05, 0) is 42.3 Å². The van der Waals surface area contributed by atoms with Crippen LogP contribution in [0.15, 0.2) is 73.1 Å². The van der Waals surface area contributed by atoms with Crippen molar-refractivity contribution in [1.29, 1.82) is 0 Å². The average Bonchev–Trinajstić information content (AvgIpc) is 2.83. The van der Waals surface area contributed by atoms with Crippen molar-refractivity contribution >= 4 is 23.2 Å². The van der Waals surface area contributed by atoms with Crippen LogP contribution in [0.5, 0.6) is 0 Å². The summed E-state index contributed by atoms with van der Waals surface area (Å²) < 4.78 is 0. The molecule has 3 aromatic rings. The maximum atomic E-state index is 12.8. The van der Waals surface area contributed by atoms with E-state index in [4.69, 9.17) is 5.73 Å². The van der Waals surface area contributed by atoms with Crippen molar-refractivity contribution in [3.8, 4) is 0 Å². The van der Waals surface area contributed by atoms with E-state index in [1.54, 1.807) is 65.8 Å². The van der Waals surface area contributed by atoms with Gasteiger partial charge in [0.1, 0.15) is 0 Å². The molecule has 0 aliphatic rings. The molecule has 0 saturated carbocycles. The number of anilines is 1. The number of carbonyl (C=O) groups is 2. The van der Waals surface area contributed by atoms with Gasteiger partial charge in [-0.3, -0.25) is 24.7 Å². The predicted molar refractivity (Wildman–Crippen MR) is 124 cm³/mol. The summed E-state index contributed by atoms with van der Waals surface area (Å²) in [6, 6.07) is 15.8. The minimum Gasteiger partial charge on any atom is -0.339 e. The molecule has 0 saturated heterocycles. The van der Waals surface area contributed by atoms with Gasteiger partial charge in [-0.1, -0.05) is 24.3 Å². The lowest BCUT2D eigenvalue weighted by molar-refractivity contribution is -0.384. The number of benzene rings is 2. The third kappa shape index (κ3) is 6.44. The van der Waals surface area contributed by atoms with Gasteiger partial charge in [-0.25, -0.2) is 0 Å². The molecular formula is C24H25N5O4. The molecular weight excluding hydrogens is 422 g/mol. The Balaban J connectivity index is 1.58. The fourth-order valence-electron chi connectivity index (χ4n) is 3.28. The highest BCUT2D eigenvalue weighted by Gasteiger charge is 2.18. The van der Waals surface area contributed by atoms with Crippen molar-refractivity contribution in [3.05, 3.63) is 99.9 Å². The largest absolute Gasteiger partial charge is 0.339 e. The fraction of sp³-hybridized carbons (Fsp3) is 0.208. The average molecular weight is 447 g/mol. The molecule has 1 aromatic heterocycles. The van der Waals surface area contributed by atoms with Crippen molar-refractivity contribution in [1.82, 2.24) is 9.88 Å². The first-order valence-corrected chi connectivity index (χ1v) is 10.5. The lowest BCUT2D eigenvalue weighted by atomic mass is 10.0. The zero-order chi connectivity index (χ0) is 23.8. The quantitative estimate of drug-likeness (QED) is 0.380. The monoisotopic (exact) mass is 447 g/mol. The summed E-state index contributed by atoms with van der Waals surface area (Å²) in [5, 5.41) is 13.6. The molecule has 0 radical (unpaired) electrons. The standard InChI is InChI=1S/C24H25N5O4/c1-2-28(16-17-3-9-21(10-4-17)29(32)33)23(30)15-22(25)18-5-7-19(8-6-18)24(31)27-20-11-13-26-14-12-20/h3-14,22H,2,15-16,25H2,1H3,(H,26,27,31). The molecule has 3 rings (SSSR count). The Labute approximate surface area is 191 Å². The normalized spacial score (nSPS) is 11.5. The summed E-state index contributed by atoms with van der Waals surface area (Å²) in [5.41, 5.74) is 8.93. The number of hydrogen-bond donors (Lipinski definition) is 2. The van der Waals surface area contributed by atoms with Crippen molar-refractivity contribution in [2.24, 2.45) is 5.73 Å². The van der Waals surface area contributed by atoms with Crippen molar-refractivity contribution in [2.75, 3.05) is 11.9 Å².